The maximum absolute atomic E-state index is 13.0. The van der Waals surface area contributed by atoms with Crippen LogP contribution in [0.25, 0.3) is 17.0 Å². The number of nitrogens with zero attached hydrogens (tertiary/aromatic N) is 4. The molecule has 0 spiro atoms. The highest BCUT2D eigenvalue weighted by atomic mass is 35.5. The van der Waals surface area contributed by atoms with Gasteiger partial charge in [0, 0.05) is 28.0 Å². The van der Waals surface area contributed by atoms with Crippen molar-refractivity contribution in [3.05, 3.63) is 81.6 Å². The van der Waals surface area contributed by atoms with Crippen LogP contribution in [-0.4, -0.2) is 25.1 Å². The summed E-state index contributed by atoms with van der Waals surface area (Å²) in [5.74, 6) is -0.482. The number of rotatable bonds is 4. The van der Waals surface area contributed by atoms with Crippen LogP contribution in [0.15, 0.2) is 59.4 Å². The van der Waals surface area contributed by atoms with E-state index < -0.39 is 17.4 Å². The number of halogens is 2. The van der Waals surface area contributed by atoms with Gasteiger partial charge in [0.25, 0.3) is 0 Å². The van der Waals surface area contributed by atoms with Crippen LogP contribution in [0.4, 0.5) is 10.1 Å². The summed E-state index contributed by atoms with van der Waals surface area (Å²) >= 11 is 6.07. The second kappa shape index (κ2) is 7.48. The fraction of sp³-hybridized carbons (Fsp3) is 0.100. The van der Waals surface area contributed by atoms with Gasteiger partial charge in [0.2, 0.25) is 5.91 Å². The molecule has 0 saturated heterocycles. The van der Waals surface area contributed by atoms with Crippen LogP contribution in [-0.2, 0) is 11.3 Å². The Balaban J connectivity index is 1.70. The van der Waals surface area contributed by atoms with Gasteiger partial charge in [-0.2, -0.15) is 0 Å². The molecule has 2 aromatic carbocycles. The third-order valence-corrected chi connectivity index (χ3v) is 4.44. The zero-order valence-corrected chi connectivity index (χ0v) is 16.0. The molecule has 4 rings (SSSR count). The molecule has 146 valence electrons. The molecule has 0 radical (unpaired) electrons. The molecular weight excluding hydrogens is 397 g/mol. The third-order valence-electron chi connectivity index (χ3n) is 4.20. The molecule has 0 bridgehead atoms. The lowest BCUT2D eigenvalue weighted by Crippen LogP contribution is -2.28. The lowest BCUT2D eigenvalue weighted by Gasteiger charge is -2.05. The van der Waals surface area contributed by atoms with Crippen molar-refractivity contribution >= 4 is 28.8 Å². The van der Waals surface area contributed by atoms with Gasteiger partial charge in [0.05, 0.1) is 0 Å². The van der Waals surface area contributed by atoms with E-state index in [2.05, 4.69) is 15.4 Å². The van der Waals surface area contributed by atoms with E-state index in [1.807, 2.05) is 0 Å². The van der Waals surface area contributed by atoms with Gasteiger partial charge in [0.1, 0.15) is 18.2 Å². The van der Waals surface area contributed by atoms with Crippen LogP contribution in [0, 0.1) is 12.7 Å². The maximum atomic E-state index is 13.0. The van der Waals surface area contributed by atoms with Gasteiger partial charge in [-0.25, -0.2) is 23.3 Å². The van der Waals surface area contributed by atoms with E-state index >= 15 is 0 Å². The largest absolute Gasteiger partial charge is 0.352 e. The fourth-order valence-electron chi connectivity index (χ4n) is 2.95. The highest BCUT2D eigenvalue weighted by molar-refractivity contribution is 6.30. The van der Waals surface area contributed by atoms with Gasteiger partial charge in [0.15, 0.2) is 5.65 Å². The van der Waals surface area contributed by atoms with Crippen LogP contribution in [0.5, 0.6) is 0 Å². The number of fused-ring (bicyclic) bond motifs is 1. The predicted octanol–water partition coefficient (Wildman–Crippen LogP) is 3.30. The first-order chi connectivity index (χ1) is 13.9. The minimum atomic E-state index is -0.503. The quantitative estimate of drug-likeness (QED) is 0.558. The molecule has 7 nitrogen and oxygen atoms in total. The van der Waals surface area contributed by atoms with E-state index in [0.717, 1.165) is 4.68 Å². The van der Waals surface area contributed by atoms with Gasteiger partial charge < -0.3 is 5.32 Å². The molecule has 0 atom stereocenters. The lowest BCUT2D eigenvalue weighted by atomic mass is 10.2. The molecule has 0 unspecified atom stereocenters. The van der Waals surface area contributed by atoms with E-state index in [0.29, 0.717) is 33.4 Å². The van der Waals surface area contributed by atoms with Crippen molar-refractivity contribution in [2.24, 2.45) is 0 Å². The van der Waals surface area contributed by atoms with E-state index in [1.165, 1.54) is 28.7 Å². The Morgan fingerprint density at radius 2 is 1.93 bits per heavy atom. The second-order valence-electron chi connectivity index (χ2n) is 6.42. The Morgan fingerprint density at radius 3 is 2.66 bits per heavy atom. The Morgan fingerprint density at radius 1 is 1.17 bits per heavy atom. The number of hydrogen-bond donors (Lipinski definition) is 1. The molecule has 4 aromatic rings. The molecule has 29 heavy (non-hydrogen) atoms. The molecule has 2 aromatic heterocycles. The summed E-state index contributed by atoms with van der Waals surface area (Å²) in [4.78, 5) is 29.7. The van der Waals surface area contributed by atoms with Crippen molar-refractivity contribution < 1.29 is 9.18 Å². The van der Waals surface area contributed by atoms with Gasteiger partial charge in [-0.05, 0) is 43.3 Å². The van der Waals surface area contributed by atoms with E-state index in [-0.39, 0.29) is 6.54 Å². The zero-order valence-electron chi connectivity index (χ0n) is 15.3. The topological polar surface area (TPSA) is 81.3 Å². The average molecular weight is 412 g/mol. The van der Waals surface area contributed by atoms with Crippen LogP contribution >= 0.6 is 11.6 Å². The van der Waals surface area contributed by atoms with E-state index in [4.69, 9.17) is 11.6 Å². The molecule has 9 heteroatoms. The van der Waals surface area contributed by atoms with Crippen LogP contribution in [0.2, 0.25) is 5.02 Å². The highest BCUT2D eigenvalue weighted by Crippen LogP contribution is 2.21. The van der Waals surface area contributed by atoms with Gasteiger partial charge in [-0.3, -0.25) is 4.79 Å². The molecule has 1 amide bonds. The molecule has 0 aliphatic heterocycles. The average Bonchev–Trinajstić information content (AvgIpc) is 2.98. The number of nitrogens with one attached hydrogen (secondary N) is 1. The van der Waals surface area contributed by atoms with Gasteiger partial charge in [-0.15, -0.1) is 5.10 Å². The molecule has 0 saturated carbocycles. The fourth-order valence-corrected chi connectivity index (χ4v) is 3.14. The zero-order chi connectivity index (χ0) is 20.5. The minimum absolute atomic E-state index is 0.300. The van der Waals surface area contributed by atoms with Gasteiger partial charge >= 0.3 is 5.69 Å². The first-order valence-corrected chi connectivity index (χ1v) is 9.07. The van der Waals surface area contributed by atoms with Crippen molar-refractivity contribution in [1.29, 1.82) is 0 Å². The number of anilines is 1. The molecule has 2 heterocycles. The van der Waals surface area contributed by atoms with Crippen molar-refractivity contribution in [3.8, 4) is 11.4 Å². The number of amides is 1. The van der Waals surface area contributed by atoms with Crippen LogP contribution in [0.3, 0.4) is 0 Å². The first-order valence-electron chi connectivity index (χ1n) is 8.69. The van der Waals surface area contributed by atoms with Crippen LogP contribution in [0.1, 0.15) is 5.69 Å². The monoisotopic (exact) mass is 411 g/mol. The Bertz CT molecular complexity index is 1280. The van der Waals surface area contributed by atoms with E-state index in [9.17, 15) is 14.0 Å². The number of aromatic nitrogens is 4. The molecular formula is C20H15ClFN5O2. The summed E-state index contributed by atoms with van der Waals surface area (Å²) in [6, 6.07) is 14.0. The van der Waals surface area contributed by atoms with E-state index in [1.54, 1.807) is 37.3 Å². The SMILES string of the molecule is Cc1cc2nn(CC(=O)Nc3ccc(F)cc3)c(=O)n2c(-c2cccc(Cl)c2)n1. The highest BCUT2D eigenvalue weighted by Gasteiger charge is 2.16. The standard InChI is InChI=1S/C20H15ClFN5O2/c1-12-9-17-25-26(11-18(28)24-16-7-5-15(22)6-8-16)20(29)27(17)19(23-12)13-3-2-4-14(21)10-13/h2-10H,11H2,1H3,(H,24,28). The second-order valence-corrected chi connectivity index (χ2v) is 6.86. The molecule has 0 fully saturated rings. The number of carbonyl (C=O) groups is 1. The number of benzene rings is 2. The summed E-state index contributed by atoms with van der Waals surface area (Å²) in [7, 11) is 0. The number of carbonyl (C=O) groups excluding carboxylic acids is 1. The van der Waals surface area contributed by atoms with Crippen molar-refractivity contribution in [1.82, 2.24) is 19.2 Å². The lowest BCUT2D eigenvalue weighted by molar-refractivity contribution is -0.117. The number of hydrogen-bond acceptors (Lipinski definition) is 4. The molecule has 1 N–H and O–H groups in total. The summed E-state index contributed by atoms with van der Waals surface area (Å²) < 4.78 is 15.4. The Labute approximate surface area is 169 Å². The summed E-state index contributed by atoms with van der Waals surface area (Å²) in [6.07, 6.45) is 0. The minimum Gasteiger partial charge on any atom is -0.324 e. The predicted molar refractivity (Wildman–Crippen MR) is 107 cm³/mol. The summed E-state index contributed by atoms with van der Waals surface area (Å²) in [6.45, 7) is 1.49. The smallest absolute Gasteiger partial charge is 0.324 e. The first kappa shape index (κ1) is 18.8. The molecule has 0 aliphatic carbocycles. The maximum Gasteiger partial charge on any atom is 0.352 e. The molecule has 0 aliphatic rings. The van der Waals surface area contributed by atoms with Crippen molar-refractivity contribution in [2.45, 2.75) is 13.5 Å². The van der Waals surface area contributed by atoms with Crippen LogP contribution < -0.4 is 11.0 Å². The summed E-state index contributed by atoms with van der Waals surface area (Å²) in [5.41, 5.74) is 1.61. The normalized spacial score (nSPS) is 11.0. The van der Waals surface area contributed by atoms with Crippen molar-refractivity contribution in [3.63, 3.8) is 0 Å². The summed E-state index contributed by atoms with van der Waals surface area (Å²) in [5, 5.41) is 7.37. The Hall–Kier alpha value is -3.52. The third kappa shape index (κ3) is 3.88. The van der Waals surface area contributed by atoms with Crippen molar-refractivity contribution in [2.75, 3.05) is 5.32 Å². The Kier molecular flexibility index (Phi) is 4.85. The van der Waals surface area contributed by atoms with Gasteiger partial charge in [-0.1, -0.05) is 23.7 Å². The number of aryl methyl sites for hydroxylation is 1.